The Morgan fingerprint density at radius 2 is 1.83 bits per heavy atom. The number of nitrogens with zero attached hydrogens (tertiary/aromatic N) is 1. The number of benzene rings is 1. The van der Waals surface area contributed by atoms with Gasteiger partial charge in [0.25, 0.3) is 0 Å². The summed E-state index contributed by atoms with van der Waals surface area (Å²) in [5.41, 5.74) is 2.43. The maximum absolute atomic E-state index is 11.6. The van der Waals surface area contributed by atoms with Gasteiger partial charge in [0.15, 0.2) is 0 Å². The van der Waals surface area contributed by atoms with Crippen LogP contribution in [-0.4, -0.2) is 18.1 Å². The van der Waals surface area contributed by atoms with E-state index in [0.29, 0.717) is 5.56 Å². The highest BCUT2D eigenvalue weighted by molar-refractivity contribution is 5.94. The molecule has 3 nitrogen and oxygen atoms in total. The molecular formula is C15H13NO2. The summed E-state index contributed by atoms with van der Waals surface area (Å²) >= 11 is 0. The van der Waals surface area contributed by atoms with Crippen molar-refractivity contribution in [3.63, 3.8) is 0 Å². The molecule has 1 aromatic carbocycles. The molecule has 0 radical (unpaired) electrons. The molecule has 0 amide bonds. The minimum atomic E-state index is -0.329. The lowest BCUT2D eigenvalue weighted by atomic mass is 10.1. The van der Waals surface area contributed by atoms with Crippen molar-refractivity contribution in [1.29, 1.82) is 0 Å². The zero-order chi connectivity index (χ0) is 12.8. The maximum atomic E-state index is 11.6. The number of carbonyl (C=O) groups is 1. The Bertz CT molecular complexity index is 562. The summed E-state index contributed by atoms with van der Waals surface area (Å²) in [5.74, 6) is -0.329. The van der Waals surface area contributed by atoms with Crippen molar-refractivity contribution in [3.05, 3.63) is 65.5 Å². The third kappa shape index (κ3) is 2.83. The van der Waals surface area contributed by atoms with E-state index < -0.39 is 0 Å². The first-order valence-electron chi connectivity index (χ1n) is 5.56. The summed E-state index contributed by atoms with van der Waals surface area (Å²) in [6, 6.07) is 11.1. The van der Waals surface area contributed by atoms with Crippen LogP contribution in [-0.2, 0) is 4.74 Å². The average Bonchev–Trinajstić information content (AvgIpc) is 2.45. The number of esters is 1. The summed E-state index contributed by atoms with van der Waals surface area (Å²) in [6.45, 7) is 0. The average molecular weight is 239 g/mol. The molecule has 0 aliphatic heterocycles. The molecule has 0 aliphatic rings. The second-order valence-corrected chi connectivity index (χ2v) is 3.69. The molecule has 0 unspecified atom stereocenters. The van der Waals surface area contributed by atoms with E-state index in [2.05, 4.69) is 4.98 Å². The molecule has 0 saturated carbocycles. The predicted molar refractivity (Wildman–Crippen MR) is 70.9 cm³/mol. The zero-order valence-corrected chi connectivity index (χ0v) is 10.0. The highest BCUT2D eigenvalue weighted by Gasteiger charge is 2.08. The van der Waals surface area contributed by atoms with Gasteiger partial charge in [-0.15, -0.1) is 0 Å². The van der Waals surface area contributed by atoms with Gasteiger partial charge in [0.1, 0.15) is 0 Å². The summed E-state index contributed by atoms with van der Waals surface area (Å²) in [6.07, 6.45) is 7.28. The molecule has 1 aromatic heterocycles. The van der Waals surface area contributed by atoms with Gasteiger partial charge in [-0.05, 0) is 29.3 Å². The van der Waals surface area contributed by atoms with Crippen molar-refractivity contribution in [2.24, 2.45) is 0 Å². The topological polar surface area (TPSA) is 39.2 Å². The standard InChI is InChI=1S/C15H13NO2/c1-18-15(17)14-5-3-2-4-13(14)7-6-12-8-10-16-11-9-12/h2-11H,1H3. The monoisotopic (exact) mass is 239 g/mol. The Balaban J connectivity index is 2.29. The van der Waals surface area contributed by atoms with Gasteiger partial charge in [0, 0.05) is 12.4 Å². The number of rotatable bonds is 3. The zero-order valence-electron chi connectivity index (χ0n) is 10.0. The number of pyridine rings is 1. The van der Waals surface area contributed by atoms with Crippen molar-refractivity contribution in [1.82, 2.24) is 4.98 Å². The van der Waals surface area contributed by atoms with Crippen LogP contribution < -0.4 is 0 Å². The Kier molecular flexibility index (Phi) is 3.86. The molecule has 90 valence electrons. The van der Waals surface area contributed by atoms with E-state index in [1.165, 1.54) is 7.11 Å². The minimum absolute atomic E-state index is 0.329. The largest absolute Gasteiger partial charge is 0.465 e. The first-order valence-corrected chi connectivity index (χ1v) is 5.56. The molecule has 2 aromatic rings. The SMILES string of the molecule is COC(=O)c1ccccc1C=Cc1ccncc1. The minimum Gasteiger partial charge on any atom is -0.465 e. The number of ether oxygens (including phenoxy) is 1. The molecule has 0 bridgehead atoms. The number of hydrogen-bond donors (Lipinski definition) is 0. The van der Waals surface area contributed by atoms with Gasteiger partial charge in [-0.2, -0.15) is 0 Å². The van der Waals surface area contributed by atoms with Gasteiger partial charge in [-0.3, -0.25) is 4.98 Å². The van der Waals surface area contributed by atoms with Crippen molar-refractivity contribution >= 4 is 18.1 Å². The molecule has 0 N–H and O–H groups in total. The molecule has 1 heterocycles. The summed E-state index contributed by atoms with van der Waals surface area (Å²) in [5, 5.41) is 0. The molecule has 2 rings (SSSR count). The van der Waals surface area contributed by atoms with Gasteiger partial charge >= 0.3 is 5.97 Å². The molecule has 0 fully saturated rings. The van der Waals surface area contributed by atoms with Crippen LogP contribution in [0.5, 0.6) is 0 Å². The van der Waals surface area contributed by atoms with Crippen LogP contribution >= 0.6 is 0 Å². The second kappa shape index (κ2) is 5.77. The third-order valence-electron chi connectivity index (χ3n) is 2.53. The smallest absolute Gasteiger partial charge is 0.338 e. The Morgan fingerprint density at radius 1 is 1.11 bits per heavy atom. The first kappa shape index (κ1) is 12.0. The van der Waals surface area contributed by atoms with Gasteiger partial charge in [-0.1, -0.05) is 30.4 Å². The Hall–Kier alpha value is -2.42. The number of methoxy groups -OCH3 is 1. The molecule has 0 spiro atoms. The quantitative estimate of drug-likeness (QED) is 0.773. The lowest BCUT2D eigenvalue weighted by molar-refractivity contribution is 0.0600. The van der Waals surface area contributed by atoms with Crippen LogP contribution in [0.1, 0.15) is 21.5 Å². The normalized spacial score (nSPS) is 10.5. The van der Waals surface area contributed by atoms with Crippen LogP contribution in [0.15, 0.2) is 48.8 Å². The molecule has 0 atom stereocenters. The van der Waals surface area contributed by atoms with Crippen molar-refractivity contribution < 1.29 is 9.53 Å². The van der Waals surface area contributed by atoms with E-state index in [0.717, 1.165) is 11.1 Å². The fourth-order valence-corrected chi connectivity index (χ4v) is 1.60. The van der Waals surface area contributed by atoms with Crippen LogP contribution in [0.25, 0.3) is 12.2 Å². The van der Waals surface area contributed by atoms with E-state index in [4.69, 9.17) is 4.74 Å². The lowest BCUT2D eigenvalue weighted by Crippen LogP contribution is -2.02. The van der Waals surface area contributed by atoms with E-state index in [9.17, 15) is 4.79 Å². The maximum Gasteiger partial charge on any atom is 0.338 e. The van der Waals surface area contributed by atoms with Gasteiger partial charge in [-0.25, -0.2) is 4.79 Å². The van der Waals surface area contributed by atoms with Crippen LogP contribution in [0, 0.1) is 0 Å². The highest BCUT2D eigenvalue weighted by atomic mass is 16.5. The third-order valence-corrected chi connectivity index (χ3v) is 2.53. The number of hydrogen-bond acceptors (Lipinski definition) is 3. The summed E-state index contributed by atoms with van der Waals surface area (Å²) in [4.78, 5) is 15.5. The van der Waals surface area contributed by atoms with Gasteiger partial charge < -0.3 is 4.74 Å². The van der Waals surface area contributed by atoms with Crippen LogP contribution in [0.2, 0.25) is 0 Å². The number of carbonyl (C=O) groups excluding carboxylic acids is 1. The Labute approximate surface area is 106 Å². The fourth-order valence-electron chi connectivity index (χ4n) is 1.60. The van der Waals surface area contributed by atoms with Crippen LogP contribution in [0.4, 0.5) is 0 Å². The summed E-state index contributed by atoms with van der Waals surface area (Å²) in [7, 11) is 1.38. The molecular weight excluding hydrogens is 226 g/mol. The van der Waals surface area contributed by atoms with Crippen molar-refractivity contribution in [2.75, 3.05) is 7.11 Å². The van der Waals surface area contributed by atoms with E-state index in [1.807, 2.05) is 42.5 Å². The summed E-state index contributed by atoms with van der Waals surface area (Å²) < 4.78 is 4.75. The van der Waals surface area contributed by atoms with E-state index in [1.54, 1.807) is 18.5 Å². The second-order valence-electron chi connectivity index (χ2n) is 3.69. The molecule has 0 aliphatic carbocycles. The van der Waals surface area contributed by atoms with Crippen LogP contribution in [0.3, 0.4) is 0 Å². The van der Waals surface area contributed by atoms with E-state index >= 15 is 0 Å². The highest BCUT2D eigenvalue weighted by Crippen LogP contribution is 2.13. The lowest BCUT2D eigenvalue weighted by Gasteiger charge is -2.03. The fraction of sp³-hybridized carbons (Fsp3) is 0.0667. The molecule has 0 saturated heterocycles. The molecule has 3 heteroatoms. The number of aromatic nitrogens is 1. The van der Waals surface area contributed by atoms with Crippen molar-refractivity contribution in [2.45, 2.75) is 0 Å². The van der Waals surface area contributed by atoms with Crippen molar-refractivity contribution in [3.8, 4) is 0 Å². The van der Waals surface area contributed by atoms with E-state index in [-0.39, 0.29) is 5.97 Å². The predicted octanol–water partition coefficient (Wildman–Crippen LogP) is 3.04. The van der Waals surface area contributed by atoms with Gasteiger partial charge in [0.2, 0.25) is 0 Å². The molecule has 18 heavy (non-hydrogen) atoms. The first-order chi connectivity index (χ1) is 8.81. The van der Waals surface area contributed by atoms with Gasteiger partial charge in [0.05, 0.1) is 12.7 Å². The Morgan fingerprint density at radius 3 is 2.56 bits per heavy atom.